The number of piperidine rings is 1. The van der Waals surface area contributed by atoms with E-state index in [0.29, 0.717) is 25.0 Å². The van der Waals surface area contributed by atoms with E-state index in [9.17, 15) is 4.79 Å². The molecule has 0 aliphatic carbocycles. The van der Waals surface area contributed by atoms with Gasteiger partial charge in [-0.25, -0.2) is 0 Å². The fourth-order valence-electron chi connectivity index (χ4n) is 3.81. The molecule has 1 heterocycles. The van der Waals surface area contributed by atoms with E-state index >= 15 is 0 Å². The summed E-state index contributed by atoms with van der Waals surface area (Å²) in [5, 5.41) is 0. The first-order valence-corrected chi connectivity index (χ1v) is 8.91. The number of nitrogens with zero attached hydrogens (tertiary/aromatic N) is 1. The second-order valence-corrected chi connectivity index (χ2v) is 7.13. The van der Waals surface area contributed by atoms with Crippen LogP contribution >= 0.6 is 0 Å². The van der Waals surface area contributed by atoms with Crippen LogP contribution in [0.4, 0.5) is 0 Å². The highest BCUT2D eigenvalue weighted by Crippen LogP contribution is 2.44. The molecule has 3 nitrogen and oxygen atoms in total. The molecule has 0 amide bonds. The van der Waals surface area contributed by atoms with E-state index in [1.54, 1.807) is 0 Å². The normalized spacial score (nSPS) is 28.5. The minimum absolute atomic E-state index is 0.0618. The Bertz CT molecular complexity index is 502. The zero-order chi connectivity index (χ0) is 16.9. The van der Waals surface area contributed by atoms with Crippen molar-refractivity contribution in [1.29, 1.82) is 0 Å². The maximum Gasteiger partial charge on any atom is 0.305 e. The zero-order valence-corrected chi connectivity index (χ0v) is 15.0. The van der Waals surface area contributed by atoms with Crippen molar-refractivity contribution in [3.05, 3.63) is 35.9 Å². The van der Waals surface area contributed by atoms with Gasteiger partial charge in [-0.05, 0) is 50.1 Å². The molecule has 1 aromatic carbocycles. The van der Waals surface area contributed by atoms with Gasteiger partial charge in [0.2, 0.25) is 0 Å². The number of benzene rings is 1. The Balaban J connectivity index is 2.03. The SMILES string of the molecule is CCOC(=O)CC[C@]1(C)[C@@H](C)CCN(Cc2ccccc2)[C@@H]1C. The van der Waals surface area contributed by atoms with E-state index in [0.717, 1.165) is 19.5 Å². The van der Waals surface area contributed by atoms with E-state index < -0.39 is 0 Å². The number of likely N-dealkylation sites (tertiary alicyclic amines) is 1. The van der Waals surface area contributed by atoms with Gasteiger partial charge in [-0.15, -0.1) is 0 Å². The van der Waals surface area contributed by atoms with Gasteiger partial charge < -0.3 is 4.74 Å². The summed E-state index contributed by atoms with van der Waals surface area (Å²) in [6.07, 6.45) is 2.62. The summed E-state index contributed by atoms with van der Waals surface area (Å²) >= 11 is 0. The third-order valence-corrected chi connectivity index (χ3v) is 5.88. The maximum atomic E-state index is 11.8. The third-order valence-electron chi connectivity index (χ3n) is 5.88. The van der Waals surface area contributed by atoms with Crippen LogP contribution in [0.5, 0.6) is 0 Å². The lowest BCUT2D eigenvalue weighted by molar-refractivity contribution is -0.144. The highest BCUT2D eigenvalue weighted by molar-refractivity contribution is 5.69. The highest BCUT2D eigenvalue weighted by Gasteiger charge is 2.43. The minimum Gasteiger partial charge on any atom is -0.466 e. The summed E-state index contributed by atoms with van der Waals surface area (Å²) in [6, 6.07) is 11.1. The molecule has 23 heavy (non-hydrogen) atoms. The average molecular weight is 317 g/mol. The molecule has 1 saturated heterocycles. The first kappa shape index (κ1) is 18.0. The molecular weight excluding hydrogens is 286 g/mol. The second-order valence-electron chi connectivity index (χ2n) is 7.13. The summed E-state index contributed by atoms with van der Waals surface area (Å²) in [5.41, 5.74) is 1.52. The van der Waals surface area contributed by atoms with E-state index in [-0.39, 0.29) is 11.4 Å². The first-order chi connectivity index (χ1) is 11.0. The van der Waals surface area contributed by atoms with Crippen molar-refractivity contribution in [3.8, 4) is 0 Å². The molecule has 0 N–H and O–H groups in total. The molecule has 128 valence electrons. The van der Waals surface area contributed by atoms with Gasteiger partial charge in [0.25, 0.3) is 0 Å². The van der Waals surface area contributed by atoms with Crippen LogP contribution in [0, 0.1) is 11.3 Å². The van der Waals surface area contributed by atoms with E-state index in [4.69, 9.17) is 4.74 Å². The van der Waals surface area contributed by atoms with Crippen LogP contribution in [0.3, 0.4) is 0 Å². The number of carbonyl (C=O) groups is 1. The Kier molecular flexibility index (Phi) is 6.23. The largest absolute Gasteiger partial charge is 0.466 e. The van der Waals surface area contributed by atoms with Crippen LogP contribution in [-0.4, -0.2) is 30.1 Å². The number of esters is 1. The van der Waals surface area contributed by atoms with Crippen LogP contribution in [0.25, 0.3) is 0 Å². The lowest BCUT2D eigenvalue weighted by Crippen LogP contribution is -2.53. The van der Waals surface area contributed by atoms with Crippen LogP contribution in [0.2, 0.25) is 0 Å². The number of hydrogen-bond donors (Lipinski definition) is 0. The quantitative estimate of drug-likeness (QED) is 0.734. The van der Waals surface area contributed by atoms with Crippen LogP contribution in [-0.2, 0) is 16.1 Å². The standard InChI is InChI=1S/C20H31NO2/c1-5-23-19(22)11-13-20(4)16(2)12-14-21(17(20)3)15-18-9-7-6-8-10-18/h6-10,16-17H,5,11-15H2,1-4H3/t16-,17+,20+/m0/s1. The van der Waals surface area contributed by atoms with Gasteiger partial charge in [-0.3, -0.25) is 9.69 Å². The number of carbonyl (C=O) groups excluding carboxylic acids is 1. The van der Waals surface area contributed by atoms with E-state index in [2.05, 4.69) is 56.0 Å². The lowest BCUT2D eigenvalue weighted by Gasteiger charge is -2.51. The van der Waals surface area contributed by atoms with Gasteiger partial charge in [0.15, 0.2) is 0 Å². The van der Waals surface area contributed by atoms with Crippen molar-refractivity contribution in [2.75, 3.05) is 13.2 Å². The zero-order valence-electron chi connectivity index (χ0n) is 15.0. The van der Waals surface area contributed by atoms with Gasteiger partial charge >= 0.3 is 5.97 Å². The summed E-state index contributed by atoms with van der Waals surface area (Å²) in [5.74, 6) is 0.562. The predicted octanol–water partition coefficient (Wildman–Crippen LogP) is 4.27. The molecule has 0 unspecified atom stereocenters. The van der Waals surface area contributed by atoms with Crippen molar-refractivity contribution in [1.82, 2.24) is 4.90 Å². The molecule has 3 heteroatoms. The molecule has 0 radical (unpaired) electrons. The van der Waals surface area contributed by atoms with Crippen molar-refractivity contribution < 1.29 is 9.53 Å². The Morgan fingerprint density at radius 3 is 2.65 bits per heavy atom. The summed E-state index contributed by atoms with van der Waals surface area (Å²) in [6.45, 7) is 11.5. The lowest BCUT2D eigenvalue weighted by atomic mass is 9.65. The molecule has 2 rings (SSSR count). The van der Waals surface area contributed by atoms with Crippen molar-refractivity contribution in [3.63, 3.8) is 0 Å². The topological polar surface area (TPSA) is 29.5 Å². The van der Waals surface area contributed by atoms with Gasteiger partial charge in [-0.1, -0.05) is 44.2 Å². The Hall–Kier alpha value is -1.35. The van der Waals surface area contributed by atoms with Crippen molar-refractivity contribution >= 4 is 5.97 Å². The third kappa shape index (κ3) is 4.35. The Labute approximate surface area is 141 Å². The summed E-state index contributed by atoms with van der Waals surface area (Å²) in [7, 11) is 0. The minimum atomic E-state index is -0.0618. The summed E-state index contributed by atoms with van der Waals surface area (Å²) < 4.78 is 5.12. The number of rotatable bonds is 6. The monoisotopic (exact) mass is 317 g/mol. The fourth-order valence-corrected chi connectivity index (χ4v) is 3.81. The second kappa shape index (κ2) is 7.96. The molecule has 0 aromatic heterocycles. The molecule has 3 atom stereocenters. The van der Waals surface area contributed by atoms with Gasteiger partial charge in [0.1, 0.15) is 0 Å². The highest BCUT2D eigenvalue weighted by atomic mass is 16.5. The van der Waals surface area contributed by atoms with Crippen LogP contribution in [0.1, 0.15) is 52.5 Å². The number of hydrogen-bond acceptors (Lipinski definition) is 3. The van der Waals surface area contributed by atoms with Gasteiger partial charge in [0.05, 0.1) is 6.61 Å². The van der Waals surface area contributed by atoms with Crippen LogP contribution in [0.15, 0.2) is 30.3 Å². The Morgan fingerprint density at radius 1 is 1.30 bits per heavy atom. The molecule has 1 aromatic rings. The smallest absolute Gasteiger partial charge is 0.305 e. The first-order valence-electron chi connectivity index (χ1n) is 8.91. The average Bonchev–Trinajstić information content (AvgIpc) is 2.55. The van der Waals surface area contributed by atoms with E-state index in [1.165, 1.54) is 12.0 Å². The molecule has 0 bridgehead atoms. The molecule has 1 fully saturated rings. The maximum absolute atomic E-state index is 11.8. The molecule has 1 aliphatic rings. The van der Waals surface area contributed by atoms with Crippen molar-refractivity contribution in [2.24, 2.45) is 11.3 Å². The molecule has 0 spiro atoms. The predicted molar refractivity (Wildman–Crippen MR) is 94.1 cm³/mol. The molecule has 1 aliphatic heterocycles. The van der Waals surface area contributed by atoms with Crippen molar-refractivity contribution in [2.45, 2.75) is 59.5 Å². The number of ether oxygens (including phenoxy) is 1. The van der Waals surface area contributed by atoms with Crippen LogP contribution < -0.4 is 0 Å². The molecular formula is C20H31NO2. The van der Waals surface area contributed by atoms with Gasteiger partial charge in [-0.2, -0.15) is 0 Å². The summed E-state index contributed by atoms with van der Waals surface area (Å²) in [4.78, 5) is 14.3. The fraction of sp³-hybridized carbons (Fsp3) is 0.650. The van der Waals surface area contributed by atoms with Gasteiger partial charge in [0, 0.05) is 19.0 Å². The molecule has 0 saturated carbocycles. The van der Waals surface area contributed by atoms with E-state index in [1.807, 2.05) is 6.92 Å². The Morgan fingerprint density at radius 2 is 2.00 bits per heavy atom.